The van der Waals surface area contributed by atoms with Crippen LogP contribution in [0.25, 0.3) is 0 Å². The van der Waals surface area contributed by atoms with E-state index in [9.17, 15) is 8.42 Å². The van der Waals surface area contributed by atoms with Gasteiger partial charge in [0.2, 0.25) is 11.5 Å². The zero-order valence-corrected chi connectivity index (χ0v) is 10.1. The predicted octanol–water partition coefficient (Wildman–Crippen LogP) is 0.438. The van der Waals surface area contributed by atoms with E-state index in [1.54, 1.807) is 0 Å². The predicted molar refractivity (Wildman–Crippen MR) is 61.4 cm³/mol. The maximum atomic E-state index is 11.2. The summed E-state index contributed by atoms with van der Waals surface area (Å²) < 4.78 is 36.7. The molecule has 0 radical (unpaired) electrons. The molecule has 0 aromatic heterocycles. The smallest absolute Gasteiger partial charge is 0.494 e. The van der Waals surface area contributed by atoms with Crippen LogP contribution in [0, 0.1) is 0 Å². The molecule has 8 heteroatoms. The molecule has 7 nitrogen and oxygen atoms in total. The number of anilines is 2. The number of methoxy groups -OCH3 is 1. The van der Waals surface area contributed by atoms with Crippen LogP contribution < -0.4 is 24.6 Å². The topological polar surface area (TPSA) is 114 Å². The standard InChI is InChI=1S/C9H12N2O5S/c1-3-4-5(10)8-9(6(11)7(4)14-2)16-17(12,13)15-8/h3,10-11H2,1-2H3. The number of fused-ring (bicyclic) bond motifs is 1. The van der Waals surface area contributed by atoms with E-state index in [4.69, 9.17) is 16.2 Å². The lowest BCUT2D eigenvalue weighted by Gasteiger charge is -2.13. The molecule has 0 spiro atoms. The number of rotatable bonds is 2. The van der Waals surface area contributed by atoms with Crippen molar-refractivity contribution in [3.05, 3.63) is 5.56 Å². The Morgan fingerprint density at radius 1 is 1.18 bits per heavy atom. The lowest BCUT2D eigenvalue weighted by Crippen LogP contribution is -2.08. The van der Waals surface area contributed by atoms with Crippen molar-refractivity contribution in [3.8, 4) is 17.2 Å². The lowest BCUT2D eigenvalue weighted by atomic mass is 10.1. The number of nitrogen functional groups attached to an aromatic ring is 2. The highest BCUT2D eigenvalue weighted by Gasteiger charge is 2.36. The minimum atomic E-state index is -4.12. The van der Waals surface area contributed by atoms with Crippen LogP contribution >= 0.6 is 0 Å². The van der Waals surface area contributed by atoms with Gasteiger partial charge in [-0.3, -0.25) is 0 Å². The molecule has 0 bridgehead atoms. The first-order valence-electron chi connectivity index (χ1n) is 4.83. The Hall–Kier alpha value is -1.83. The van der Waals surface area contributed by atoms with Crippen molar-refractivity contribution in [2.75, 3.05) is 18.6 Å². The fraction of sp³-hybridized carbons (Fsp3) is 0.333. The Bertz CT molecular complexity index is 537. The zero-order valence-electron chi connectivity index (χ0n) is 9.31. The average molecular weight is 260 g/mol. The first kappa shape index (κ1) is 11.6. The molecular weight excluding hydrogens is 248 g/mol. The second-order valence-electron chi connectivity index (χ2n) is 3.43. The Kier molecular flexibility index (Phi) is 2.46. The normalized spacial score (nSPS) is 15.9. The Labute approximate surface area is 98.6 Å². The molecule has 1 aromatic rings. The van der Waals surface area contributed by atoms with Gasteiger partial charge in [-0.2, -0.15) is 0 Å². The molecule has 17 heavy (non-hydrogen) atoms. The first-order chi connectivity index (χ1) is 7.91. The van der Waals surface area contributed by atoms with Crippen LogP contribution in [0.15, 0.2) is 0 Å². The van der Waals surface area contributed by atoms with Gasteiger partial charge in [0, 0.05) is 5.56 Å². The second-order valence-corrected chi connectivity index (χ2v) is 4.58. The third kappa shape index (κ3) is 1.60. The van der Waals surface area contributed by atoms with E-state index in [1.807, 2.05) is 6.92 Å². The van der Waals surface area contributed by atoms with Gasteiger partial charge in [-0.25, -0.2) is 0 Å². The molecule has 0 atom stereocenters. The lowest BCUT2D eigenvalue weighted by molar-refractivity contribution is 0.411. The summed E-state index contributed by atoms with van der Waals surface area (Å²) >= 11 is 0. The van der Waals surface area contributed by atoms with Crippen molar-refractivity contribution in [2.24, 2.45) is 0 Å². The molecule has 2 rings (SSSR count). The number of benzene rings is 1. The molecular formula is C9H12N2O5S. The van der Waals surface area contributed by atoms with Gasteiger partial charge in [0.15, 0.2) is 5.75 Å². The number of hydrogen-bond acceptors (Lipinski definition) is 7. The van der Waals surface area contributed by atoms with Gasteiger partial charge in [-0.1, -0.05) is 6.92 Å². The quantitative estimate of drug-likeness (QED) is 0.741. The van der Waals surface area contributed by atoms with Gasteiger partial charge in [0.05, 0.1) is 12.8 Å². The summed E-state index contributed by atoms with van der Waals surface area (Å²) in [5.74, 6) is 0.126. The third-order valence-corrected chi connectivity index (χ3v) is 3.21. The summed E-state index contributed by atoms with van der Waals surface area (Å²) in [4.78, 5) is 0. The molecule has 1 aromatic carbocycles. The highest BCUT2D eigenvalue weighted by molar-refractivity contribution is 7.82. The van der Waals surface area contributed by atoms with E-state index in [2.05, 4.69) is 8.37 Å². The molecule has 0 unspecified atom stereocenters. The summed E-state index contributed by atoms with van der Waals surface area (Å²) in [6.07, 6.45) is 0.524. The minimum absolute atomic E-state index is 0.0645. The van der Waals surface area contributed by atoms with Gasteiger partial charge >= 0.3 is 10.4 Å². The highest BCUT2D eigenvalue weighted by Crippen LogP contribution is 2.52. The molecule has 0 amide bonds. The van der Waals surface area contributed by atoms with E-state index in [0.29, 0.717) is 17.7 Å². The third-order valence-electron chi connectivity index (χ3n) is 2.47. The molecule has 1 heterocycles. The van der Waals surface area contributed by atoms with Crippen molar-refractivity contribution in [2.45, 2.75) is 13.3 Å². The molecule has 1 aliphatic heterocycles. The molecule has 4 N–H and O–H groups in total. The van der Waals surface area contributed by atoms with Crippen LogP contribution in [0.4, 0.5) is 11.4 Å². The molecule has 1 aliphatic rings. The van der Waals surface area contributed by atoms with Crippen molar-refractivity contribution < 1.29 is 21.5 Å². The van der Waals surface area contributed by atoms with Crippen molar-refractivity contribution in [1.82, 2.24) is 0 Å². The zero-order chi connectivity index (χ0) is 12.8. The summed E-state index contributed by atoms with van der Waals surface area (Å²) in [6.45, 7) is 1.84. The van der Waals surface area contributed by atoms with E-state index in [-0.39, 0.29) is 22.9 Å². The van der Waals surface area contributed by atoms with E-state index in [0.717, 1.165) is 0 Å². The fourth-order valence-corrected chi connectivity index (χ4v) is 2.51. The van der Waals surface area contributed by atoms with Crippen LogP contribution in [-0.4, -0.2) is 15.5 Å². The monoisotopic (exact) mass is 260 g/mol. The molecule has 0 saturated carbocycles. The van der Waals surface area contributed by atoms with Crippen molar-refractivity contribution >= 4 is 21.8 Å². The Balaban J connectivity index is 2.77. The summed E-state index contributed by atoms with van der Waals surface area (Å²) in [6, 6.07) is 0. The van der Waals surface area contributed by atoms with Gasteiger partial charge in [0.25, 0.3) is 0 Å². The number of ether oxygens (including phenoxy) is 1. The Morgan fingerprint density at radius 3 is 2.18 bits per heavy atom. The maximum Gasteiger partial charge on any atom is 0.501 e. The van der Waals surface area contributed by atoms with E-state index >= 15 is 0 Å². The first-order valence-corrected chi connectivity index (χ1v) is 6.16. The second kappa shape index (κ2) is 3.59. The summed E-state index contributed by atoms with van der Waals surface area (Å²) in [5.41, 5.74) is 12.4. The van der Waals surface area contributed by atoms with Crippen molar-refractivity contribution in [1.29, 1.82) is 0 Å². The highest BCUT2D eigenvalue weighted by atomic mass is 32.3. The summed E-state index contributed by atoms with van der Waals surface area (Å²) in [5, 5.41) is 0. The molecule has 0 fully saturated rings. The number of hydrogen-bond donors (Lipinski definition) is 2. The van der Waals surface area contributed by atoms with Gasteiger partial charge in [-0.05, 0) is 6.42 Å². The Morgan fingerprint density at radius 2 is 1.71 bits per heavy atom. The molecule has 94 valence electrons. The average Bonchev–Trinajstić information content (AvgIpc) is 2.59. The van der Waals surface area contributed by atoms with Gasteiger partial charge in [-0.15, -0.1) is 8.42 Å². The SMILES string of the molecule is CCc1c(N)c2c(c(N)c1OC)OS(=O)(=O)O2. The van der Waals surface area contributed by atoms with Crippen LogP contribution in [0.1, 0.15) is 12.5 Å². The fourth-order valence-electron chi connectivity index (χ4n) is 1.74. The van der Waals surface area contributed by atoms with Crippen molar-refractivity contribution in [3.63, 3.8) is 0 Å². The van der Waals surface area contributed by atoms with E-state index in [1.165, 1.54) is 7.11 Å². The van der Waals surface area contributed by atoms with Crippen LogP contribution in [0.3, 0.4) is 0 Å². The van der Waals surface area contributed by atoms with Gasteiger partial charge in [0.1, 0.15) is 5.69 Å². The minimum Gasteiger partial charge on any atom is -0.494 e. The van der Waals surface area contributed by atoms with Crippen LogP contribution in [-0.2, 0) is 16.8 Å². The molecule has 0 saturated heterocycles. The van der Waals surface area contributed by atoms with Crippen LogP contribution in [0.2, 0.25) is 0 Å². The van der Waals surface area contributed by atoms with Crippen LogP contribution in [0.5, 0.6) is 17.2 Å². The summed E-state index contributed by atoms with van der Waals surface area (Å²) in [7, 11) is -2.70. The largest absolute Gasteiger partial charge is 0.501 e. The van der Waals surface area contributed by atoms with E-state index < -0.39 is 10.4 Å². The molecule has 0 aliphatic carbocycles. The number of nitrogens with two attached hydrogens (primary N) is 2. The maximum absolute atomic E-state index is 11.2. The van der Waals surface area contributed by atoms with Gasteiger partial charge < -0.3 is 24.6 Å².